The summed E-state index contributed by atoms with van der Waals surface area (Å²) in [5, 5.41) is 12.3. The van der Waals surface area contributed by atoms with E-state index in [2.05, 4.69) is 87.0 Å². The average molecular weight is 583 g/mol. The lowest BCUT2D eigenvalue weighted by molar-refractivity contribution is 0.0360. The molecule has 2 aliphatic heterocycles. The Labute approximate surface area is 248 Å². The predicted molar refractivity (Wildman–Crippen MR) is 163 cm³/mol. The van der Waals surface area contributed by atoms with Gasteiger partial charge in [-0.05, 0) is 41.6 Å². The number of hydrogen-bond acceptors (Lipinski definition) is 10. The van der Waals surface area contributed by atoms with Crippen LogP contribution in [-0.2, 0) is 17.7 Å². The maximum absolute atomic E-state index is 5.56. The zero-order valence-corrected chi connectivity index (χ0v) is 24.3. The minimum absolute atomic E-state index is 0.706. The number of aromatic amines is 1. The molecule has 2 fully saturated rings. The molecule has 0 aliphatic carbocycles. The molecule has 6 heterocycles. The van der Waals surface area contributed by atoms with Gasteiger partial charge in [0, 0.05) is 100 Å². The molecule has 0 bridgehead atoms. The second-order valence-corrected chi connectivity index (χ2v) is 11.5. The Balaban J connectivity index is 1.09. The van der Waals surface area contributed by atoms with Crippen LogP contribution in [-0.4, -0.2) is 98.6 Å². The zero-order valence-electron chi connectivity index (χ0n) is 23.5. The van der Waals surface area contributed by atoms with Crippen LogP contribution in [0.5, 0.6) is 0 Å². The summed E-state index contributed by atoms with van der Waals surface area (Å²) < 4.78 is 7.82. The zero-order chi connectivity index (χ0) is 28.1. The fourth-order valence-corrected chi connectivity index (χ4v) is 6.45. The molecule has 4 aromatic heterocycles. The van der Waals surface area contributed by atoms with E-state index in [0.717, 1.165) is 93.0 Å². The first-order chi connectivity index (χ1) is 20.8. The van der Waals surface area contributed by atoms with Gasteiger partial charge < -0.3 is 24.1 Å². The molecule has 216 valence electrons. The Kier molecular flexibility index (Phi) is 7.98. The van der Waals surface area contributed by atoms with Gasteiger partial charge >= 0.3 is 0 Å². The summed E-state index contributed by atoms with van der Waals surface area (Å²) in [5.74, 6) is 1.71. The van der Waals surface area contributed by atoms with Crippen LogP contribution in [0.2, 0.25) is 0 Å². The number of hydrogen-bond donors (Lipinski definition) is 1. The highest BCUT2D eigenvalue weighted by Gasteiger charge is 2.21. The molecule has 11 nitrogen and oxygen atoms in total. The molecule has 12 heteroatoms. The molecule has 5 aromatic rings. The number of H-pyrrole nitrogens is 1. The van der Waals surface area contributed by atoms with Crippen LogP contribution in [0.1, 0.15) is 11.4 Å². The first-order valence-electron chi connectivity index (χ1n) is 14.5. The van der Waals surface area contributed by atoms with Gasteiger partial charge in [0.05, 0.1) is 13.2 Å². The molecule has 0 spiro atoms. The number of benzene rings is 1. The van der Waals surface area contributed by atoms with Gasteiger partial charge in [-0.1, -0.05) is 18.2 Å². The van der Waals surface area contributed by atoms with Gasteiger partial charge in [0.25, 0.3) is 0 Å². The van der Waals surface area contributed by atoms with E-state index in [9.17, 15) is 0 Å². The van der Waals surface area contributed by atoms with Crippen molar-refractivity contribution in [1.29, 1.82) is 0 Å². The van der Waals surface area contributed by atoms with Gasteiger partial charge in [-0.15, -0.1) is 10.2 Å². The molecule has 7 rings (SSSR count). The van der Waals surface area contributed by atoms with Gasteiger partial charge in [-0.25, -0.2) is 9.97 Å². The fraction of sp³-hybridized carbons (Fsp3) is 0.367. The van der Waals surface area contributed by atoms with Crippen LogP contribution in [0.4, 0.5) is 11.6 Å². The summed E-state index contributed by atoms with van der Waals surface area (Å²) in [5.41, 5.74) is 3.56. The van der Waals surface area contributed by atoms with Crippen molar-refractivity contribution in [3.63, 3.8) is 0 Å². The molecule has 2 aliphatic rings. The highest BCUT2D eigenvalue weighted by Crippen LogP contribution is 2.28. The van der Waals surface area contributed by atoms with Crippen molar-refractivity contribution in [2.45, 2.75) is 23.1 Å². The number of ether oxygens (including phenoxy) is 1. The van der Waals surface area contributed by atoms with E-state index in [-0.39, 0.29) is 0 Å². The number of nitrogens with zero attached hydrogens (tertiary/aromatic N) is 9. The fourth-order valence-electron chi connectivity index (χ4n) is 5.62. The van der Waals surface area contributed by atoms with Gasteiger partial charge in [-0.3, -0.25) is 9.88 Å². The highest BCUT2D eigenvalue weighted by molar-refractivity contribution is 7.99. The standard InChI is InChI=1S/C30H34N10OS/c1-2-4-26-25(3-1)23(22-33-26)21-27-35-36-30(40(27)16-11-37-17-19-41-20-18-37)42-28-7-10-32-29(34-28)39-14-12-38(13-15-39)24-5-8-31-9-6-24/h1-10,22,33H,11-21H2. The summed E-state index contributed by atoms with van der Waals surface area (Å²) in [6.07, 6.45) is 8.33. The van der Waals surface area contributed by atoms with E-state index in [1.807, 2.05) is 24.7 Å². The van der Waals surface area contributed by atoms with Crippen LogP contribution in [0.3, 0.4) is 0 Å². The third-order valence-corrected chi connectivity index (χ3v) is 8.89. The molecule has 0 atom stereocenters. The number of para-hydroxylation sites is 1. The Morgan fingerprint density at radius 2 is 1.64 bits per heavy atom. The molecule has 0 saturated carbocycles. The number of pyridine rings is 1. The van der Waals surface area contributed by atoms with Gasteiger partial charge in [0.1, 0.15) is 10.9 Å². The number of fused-ring (bicyclic) bond motifs is 1. The van der Waals surface area contributed by atoms with E-state index < -0.39 is 0 Å². The summed E-state index contributed by atoms with van der Waals surface area (Å²) in [7, 11) is 0. The number of piperazine rings is 1. The van der Waals surface area contributed by atoms with Crippen LogP contribution in [0.15, 0.2) is 77.4 Å². The third-order valence-electron chi connectivity index (χ3n) is 7.96. The van der Waals surface area contributed by atoms with Crippen molar-refractivity contribution in [3.05, 3.63) is 78.6 Å². The minimum atomic E-state index is 0.706. The number of nitrogens with one attached hydrogen (secondary N) is 1. The van der Waals surface area contributed by atoms with Crippen molar-refractivity contribution in [2.24, 2.45) is 0 Å². The van der Waals surface area contributed by atoms with Gasteiger partial charge in [-0.2, -0.15) is 0 Å². The number of aromatic nitrogens is 7. The molecule has 1 N–H and O–H groups in total. The summed E-state index contributed by atoms with van der Waals surface area (Å²) in [6, 6.07) is 14.5. The Morgan fingerprint density at radius 3 is 2.50 bits per heavy atom. The van der Waals surface area contributed by atoms with E-state index >= 15 is 0 Å². The van der Waals surface area contributed by atoms with Crippen LogP contribution < -0.4 is 9.80 Å². The lowest BCUT2D eigenvalue weighted by Crippen LogP contribution is -2.47. The molecule has 0 radical (unpaired) electrons. The first-order valence-corrected chi connectivity index (χ1v) is 15.3. The van der Waals surface area contributed by atoms with Crippen LogP contribution in [0.25, 0.3) is 10.9 Å². The lowest BCUT2D eigenvalue weighted by Gasteiger charge is -2.36. The molecule has 0 unspecified atom stereocenters. The predicted octanol–water partition coefficient (Wildman–Crippen LogP) is 3.35. The summed E-state index contributed by atoms with van der Waals surface area (Å²) >= 11 is 1.56. The van der Waals surface area contributed by atoms with Gasteiger partial charge in [0.15, 0.2) is 5.16 Å². The monoisotopic (exact) mass is 582 g/mol. The first kappa shape index (κ1) is 26.9. The number of rotatable bonds is 9. The molecule has 2 saturated heterocycles. The number of morpholine rings is 1. The van der Waals surface area contributed by atoms with Gasteiger partial charge in [0.2, 0.25) is 5.95 Å². The van der Waals surface area contributed by atoms with Crippen molar-refractivity contribution in [1.82, 2.24) is 39.6 Å². The van der Waals surface area contributed by atoms with E-state index in [0.29, 0.717) is 6.42 Å². The smallest absolute Gasteiger partial charge is 0.226 e. The SMILES string of the molecule is c1ccc2c(Cc3nnc(Sc4ccnc(N5CCN(c6ccncc6)CC5)n4)n3CCN3CCOCC3)c[nH]c2c1. The summed E-state index contributed by atoms with van der Waals surface area (Å²) in [4.78, 5) is 24.2. The normalized spacial score (nSPS) is 16.4. The molecule has 42 heavy (non-hydrogen) atoms. The molecule has 0 amide bonds. The van der Waals surface area contributed by atoms with Crippen molar-refractivity contribution >= 4 is 34.3 Å². The van der Waals surface area contributed by atoms with Crippen LogP contribution in [0, 0.1) is 0 Å². The van der Waals surface area contributed by atoms with Crippen LogP contribution >= 0.6 is 11.8 Å². The third kappa shape index (κ3) is 5.96. The second kappa shape index (κ2) is 12.5. The Hall–Kier alpha value is -4.00. The second-order valence-electron chi connectivity index (χ2n) is 10.5. The average Bonchev–Trinajstić information content (AvgIpc) is 3.64. The quantitative estimate of drug-likeness (QED) is 0.260. The van der Waals surface area contributed by atoms with E-state index in [1.54, 1.807) is 11.8 Å². The van der Waals surface area contributed by atoms with Crippen molar-refractivity contribution in [2.75, 3.05) is 68.8 Å². The van der Waals surface area contributed by atoms with Crippen molar-refractivity contribution in [3.8, 4) is 0 Å². The van der Waals surface area contributed by atoms with E-state index in [1.165, 1.54) is 16.6 Å². The molecule has 1 aromatic carbocycles. The maximum atomic E-state index is 5.56. The highest BCUT2D eigenvalue weighted by atomic mass is 32.2. The largest absolute Gasteiger partial charge is 0.379 e. The Bertz CT molecular complexity index is 1610. The van der Waals surface area contributed by atoms with E-state index in [4.69, 9.17) is 9.72 Å². The lowest BCUT2D eigenvalue weighted by atomic mass is 10.1. The molecular weight excluding hydrogens is 548 g/mol. The number of anilines is 2. The molecular formula is C30H34N10OS. The minimum Gasteiger partial charge on any atom is -0.379 e. The topological polar surface area (TPSA) is 104 Å². The maximum Gasteiger partial charge on any atom is 0.226 e. The Morgan fingerprint density at radius 1 is 0.833 bits per heavy atom. The van der Waals surface area contributed by atoms with Crippen molar-refractivity contribution < 1.29 is 4.74 Å². The summed E-state index contributed by atoms with van der Waals surface area (Å²) in [6.45, 7) is 8.75.